The zero-order chi connectivity index (χ0) is 23.0. The van der Waals surface area contributed by atoms with E-state index in [2.05, 4.69) is 25.7 Å². The first-order valence-corrected chi connectivity index (χ1v) is 12.0. The van der Waals surface area contributed by atoms with Crippen LogP contribution in [0.25, 0.3) is 0 Å². The van der Waals surface area contributed by atoms with Gasteiger partial charge in [0.15, 0.2) is 10.9 Å². The van der Waals surface area contributed by atoms with Gasteiger partial charge in [-0.1, -0.05) is 20.4 Å². The van der Waals surface area contributed by atoms with Crippen LogP contribution in [-0.4, -0.2) is 56.6 Å². The number of aliphatic hydroxyl groups is 3. The highest BCUT2D eigenvalue weighted by Gasteiger charge is 2.86. The predicted molar refractivity (Wildman–Crippen MR) is 115 cm³/mol. The van der Waals surface area contributed by atoms with Gasteiger partial charge in [-0.15, -0.1) is 11.3 Å². The third-order valence-electron chi connectivity index (χ3n) is 9.18. The Kier molecular flexibility index (Phi) is 3.84. The van der Waals surface area contributed by atoms with Gasteiger partial charge in [0.25, 0.3) is 0 Å². The number of nitrogens with zero attached hydrogens (tertiary/aromatic N) is 1. The van der Waals surface area contributed by atoms with Crippen LogP contribution < -0.4 is 5.32 Å². The topological polar surface area (TPSA) is 129 Å². The lowest BCUT2D eigenvalue weighted by Gasteiger charge is -2.73. The number of aliphatic hydroxyl groups excluding tert-OH is 2. The number of fused-ring (bicyclic) bond motifs is 3. The van der Waals surface area contributed by atoms with Crippen LogP contribution in [0.15, 0.2) is 12.2 Å². The Morgan fingerprint density at radius 1 is 1.28 bits per heavy atom. The van der Waals surface area contributed by atoms with E-state index in [4.69, 9.17) is 9.72 Å². The molecule has 172 valence electrons. The number of hydrogen-bond donors (Lipinski definition) is 4. The van der Waals surface area contributed by atoms with Crippen molar-refractivity contribution in [2.24, 2.45) is 28.6 Å². The minimum absolute atomic E-state index is 0.0917. The number of carbonyl (C=O) groups excluding carboxylic acids is 2. The van der Waals surface area contributed by atoms with Crippen LogP contribution in [0.5, 0.6) is 0 Å². The molecule has 1 aromatic rings. The summed E-state index contributed by atoms with van der Waals surface area (Å²) in [5.41, 5.74) is -1.97. The molecule has 2 spiro atoms. The zero-order valence-electron chi connectivity index (χ0n) is 18.3. The molecule has 6 aliphatic rings. The van der Waals surface area contributed by atoms with Crippen molar-refractivity contribution in [1.82, 2.24) is 4.98 Å². The van der Waals surface area contributed by atoms with Crippen molar-refractivity contribution in [3.63, 3.8) is 0 Å². The monoisotopic (exact) mass is 460 g/mol. The van der Waals surface area contributed by atoms with Crippen LogP contribution in [0, 0.1) is 28.6 Å². The molecule has 9 heteroatoms. The Balaban J connectivity index is 1.65. The maximum atomic E-state index is 13.7. The number of anilines is 1. The number of nitrogens with one attached hydrogen (secondary N) is 1. The molecule has 0 aromatic carbocycles. The van der Waals surface area contributed by atoms with Crippen LogP contribution in [-0.2, 0) is 26.2 Å². The highest BCUT2D eigenvalue weighted by molar-refractivity contribution is 7.15. The lowest BCUT2D eigenvalue weighted by molar-refractivity contribution is -0.429. The van der Waals surface area contributed by atoms with Gasteiger partial charge in [-0.05, 0) is 36.2 Å². The van der Waals surface area contributed by atoms with Crippen molar-refractivity contribution in [2.45, 2.75) is 63.4 Å². The Hall–Kier alpha value is -1.65. The van der Waals surface area contributed by atoms with Gasteiger partial charge in [0.1, 0.15) is 11.5 Å². The minimum atomic E-state index is -2.19. The second-order valence-electron chi connectivity index (χ2n) is 11.0. The van der Waals surface area contributed by atoms with E-state index < -0.39 is 57.8 Å². The van der Waals surface area contributed by atoms with E-state index in [9.17, 15) is 24.9 Å². The fourth-order valence-electron chi connectivity index (χ4n) is 8.30. The van der Waals surface area contributed by atoms with Gasteiger partial charge >= 0.3 is 0 Å². The van der Waals surface area contributed by atoms with Crippen LogP contribution in [0.4, 0.5) is 5.13 Å². The third-order valence-corrected chi connectivity index (χ3v) is 10.1. The molecule has 32 heavy (non-hydrogen) atoms. The molecule has 3 saturated carbocycles. The average Bonchev–Trinajstić information content (AvgIpc) is 3.12. The van der Waals surface area contributed by atoms with Crippen LogP contribution in [0.1, 0.15) is 44.2 Å². The Morgan fingerprint density at radius 2 is 2.00 bits per heavy atom. The summed E-state index contributed by atoms with van der Waals surface area (Å²) in [6, 6.07) is 0. The Morgan fingerprint density at radius 3 is 2.69 bits per heavy atom. The molecule has 4 aliphatic carbocycles. The summed E-state index contributed by atoms with van der Waals surface area (Å²) in [6.07, 6.45) is -0.781. The van der Waals surface area contributed by atoms with E-state index in [-0.39, 0.29) is 12.5 Å². The van der Waals surface area contributed by atoms with E-state index in [1.54, 1.807) is 0 Å². The number of Topliss-reactive ketones (excluding diaryl/α,β-unsaturated/α-hetero) is 1. The zero-order valence-corrected chi connectivity index (χ0v) is 19.2. The third kappa shape index (κ3) is 1.95. The molecular weight excluding hydrogens is 432 g/mol. The maximum Gasteiger partial charge on any atom is 0.223 e. The minimum Gasteiger partial charge on any atom is -0.391 e. The first-order chi connectivity index (χ1) is 14.9. The van der Waals surface area contributed by atoms with Crippen molar-refractivity contribution in [1.29, 1.82) is 0 Å². The molecule has 1 amide bonds. The number of thiazole rings is 1. The summed E-state index contributed by atoms with van der Waals surface area (Å²) < 4.78 is 6.02. The molecule has 1 aromatic heterocycles. The number of amides is 1. The van der Waals surface area contributed by atoms with Crippen LogP contribution in [0.2, 0.25) is 0 Å². The maximum absolute atomic E-state index is 13.7. The molecule has 8 atom stereocenters. The number of ketones is 1. The van der Waals surface area contributed by atoms with Gasteiger partial charge in [-0.25, -0.2) is 4.98 Å². The van der Waals surface area contributed by atoms with E-state index in [1.165, 1.54) is 18.3 Å². The molecule has 2 saturated heterocycles. The lowest BCUT2D eigenvalue weighted by atomic mass is 9.36. The fourth-order valence-corrected chi connectivity index (χ4v) is 9.64. The molecule has 3 heterocycles. The van der Waals surface area contributed by atoms with Gasteiger partial charge in [0.2, 0.25) is 11.7 Å². The SMILES string of the molecule is C=C1C(=O)[C@@]23C(CCC1[C@H]2O)[C@@]12COC3(O)[C@@H](O)C1C(C)(C)Cc1sc(NC(C)=O)nc12. The molecule has 7 rings (SSSR count). The van der Waals surface area contributed by atoms with Crippen molar-refractivity contribution in [3.8, 4) is 0 Å². The lowest BCUT2D eigenvalue weighted by Crippen LogP contribution is -2.85. The second-order valence-corrected chi connectivity index (χ2v) is 12.1. The van der Waals surface area contributed by atoms with Crippen molar-refractivity contribution >= 4 is 28.2 Å². The molecular formula is C23H28N2O6S. The Bertz CT molecular complexity index is 1100. The fraction of sp³-hybridized carbons (Fsp3) is 0.696. The molecule has 4 N–H and O–H groups in total. The van der Waals surface area contributed by atoms with Crippen molar-refractivity contribution in [3.05, 3.63) is 22.7 Å². The van der Waals surface area contributed by atoms with Gasteiger partial charge in [0, 0.05) is 29.1 Å². The number of hydrogen-bond acceptors (Lipinski definition) is 8. The molecule has 2 aliphatic heterocycles. The molecule has 4 bridgehead atoms. The summed E-state index contributed by atoms with van der Waals surface area (Å²) in [7, 11) is 0. The highest BCUT2D eigenvalue weighted by Crippen LogP contribution is 2.75. The standard InChI is InChI=1S/C23H28N2O6S/c1-9-11-5-6-13-21-8-31-23(30,22(13,16(9)27)17(11)28)18(29)14(21)20(3,4)7-12-15(21)25-19(32-12)24-10(2)26/h11,13-14,17-18,28-30H,1,5-8H2,2-4H3,(H,24,25,26)/t11?,13?,14?,17-,18+,21+,22+,23?/m1/s1. The predicted octanol–water partition coefficient (Wildman–Crippen LogP) is 1.14. The number of ether oxygens (including phenoxy) is 1. The normalized spacial score (nSPS) is 47.6. The summed E-state index contributed by atoms with van der Waals surface area (Å²) in [4.78, 5) is 31.2. The van der Waals surface area contributed by atoms with Crippen LogP contribution >= 0.6 is 11.3 Å². The largest absolute Gasteiger partial charge is 0.391 e. The summed E-state index contributed by atoms with van der Waals surface area (Å²) in [5.74, 6) is -4.17. The molecule has 5 fully saturated rings. The highest BCUT2D eigenvalue weighted by atomic mass is 32.1. The van der Waals surface area contributed by atoms with Gasteiger partial charge in [-0.3, -0.25) is 9.59 Å². The number of rotatable bonds is 1. The van der Waals surface area contributed by atoms with E-state index in [0.717, 1.165) is 10.6 Å². The Labute approximate surface area is 189 Å². The number of carbonyl (C=O) groups is 2. The van der Waals surface area contributed by atoms with E-state index in [1.807, 2.05) is 0 Å². The molecule has 0 radical (unpaired) electrons. The smallest absolute Gasteiger partial charge is 0.223 e. The average molecular weight is 461 g/mol. The summed E-state index contributed by atoms with van der Waals surface area (Å²) in [6.45, 7) is 9.57. The van der Waals surface area contributed by atoms with Gasteiger partial charge in [0.05, 0.1) is 18.4 Å². The van der Waals surface area contributed by atoms with Gasteiger partial charge in [-0.2, -0.15) is 0 Å². The first-order valence-electron chi connectivity index (χ1n) is 11.2. The molecule has 8 nitrogen and oxygen atoms in total. The number of aromatic nitrogens is 1. The molecule has 4 unspecified atom stereocenters. The van der Waals surface area contributed by atoms with Gasteiger partial charge < -0.3 is 25.4 Å². The van der Waals surface area contributed by atoms with E-state index in [0.29, 0.717) is 30.0 Å². The van der Waals surface area contributed by atoms with E-state index >= 15 is 0 Å². The second kappa shape index (κ2) is 5.88. The summed E-state index contributed by atoms with van der Waals surface area (Å²) in [5, 5.41) is 38.2. The van der Waals surface area contributed by atoms with Crippen molar-refractivity contribution < 1.29 is 29.6 Å². The van der Waals surface area contributed by atoms with Crippen LogP contribution in [0.3, 0.4) is 0 Å². The summed E-state index contributed by atoms with van der Waals surface area (Å²) >= 11 is 1.40. The van der Waals surface area contributed by atoms with Crippen molar-refractivity contribution in [2.75, 3.05) is 11.9 Å². The first kappa shape index (κ1) is 20.9. The quantitative estimate of drug-likeness (QED) is 0.463.